The molecule has 1 aromatic carbocycles. The van der Waals surface area contributed by atoms with E-state index in [1.54, 1.807) is 12.3 Å². The molecule has 16 heavy (non-hydrogen) atoms. The normalized spacial score (nSPS) is 9.88. The van der Waals surface area contributed by atoms with Gasteiger partial charge < -0.3 is 5.32 Å². The van der Waals surface area contributed by atoms with Gasteiger partial charge in [-0.15, -0.1) is 0 Å². The molecule has 0 saturated carbocycles. The van der Waals surface area contributed by atoms with Crippen LogP contribution in [-0.4, -0.2) is 9.97 Å². The molecule has 0 fully saturated rings. The number of hydrogen-bond acceptors (Lipinski definition) is 5. The van der Waals surface area contributed by atoms with Gasteiger partial charge >= 0.3 is 0 Å². The molecule has 4 N–H and O–H groups in total. The summed E-state index contributed by atoms with van der Waals surface area (Å²) in [5.41, 5.74) is 3.38. The van der Waals surface area contributed by atoms with Crippen molar-refractivity contribution in [3.05, 3.63) is 40.1 Å². The average Bonchev–Trinajstić information content (AvgIpc) is 2.29. The molecule has 0 aliphatic heterocycles. The minimum absolute atomic E-state index is 0.385. The van der Waals surface area contributed by atoms with Crippen molar-refractivity contribution >= 4 is 40.0 Å². The monoisotopic (exact) mass is 327 g/mol. The fourth-order valence-electron chi connectivity index (χ4n) is 1.21. The molecule has 1 aromatic heterocycles. The molecule has 1 heterocycles. The molecule has 2 rings (SSSR count). The summed E-state index contributed by atoms with van der Waals surface area (Å²) in [5.74, 6) is 6.32. The highest BCUT2D eigenvalue weighted by Crippen LogP contribution is 2.17. The van der Waals surface area contributed by atoms with Gasteiger partial charge in [-0.1, -0.05) is 6.07 Å². The third-order valence-corrected chi connectivity index (χ3v) is 2.55. The summed E-state index contributed by atoms with van der Waals surface area (Å²) in [6, 6.07) is 9.78. The van der Waals surface area contributed by atoms with E-state index in [1.165, 1.54) is 0 Å². The van der Waals surface area contributed by atoms with Crippen LogP contribution in [0.4, 0.5) is 17.5 Å². The second-order valence-electron chi connectivity index (χ2n) is 3.05. The van der Waals surface area contributed by atoms with Crippen molar-refractivity contribution in [2.45, 2.75) is 0 Å². The van der Waals surface area contributed by atoms with E-state index < -0.39 is 0 Å². The Hall–Kier alpha value is -1.41. The van der Waals surface area contributed by atoms with E-state index in [4.69, 9.17) is 5.84 Å². The summed E-state index contributed by atoms with van der Waals surface area (Å²) >= 11 is 2.26. The van der Waals surface area contributed by atoms with Crippen molar-refractivity contribution < 1.29 is 0 Å². The number of aromatic nitrogens is 2. The van der Waals surface area contributed by atoms with E-state index in [0.29, 0.717) is 11.8 Å². The van der Waals surface area contributed by atoms with Crippen molar-refractivity contribution in [2.24, 2.45) is 5.84 Å². The Labute approximate surface area is 107 Å². The van der Waals surface area contributed by atoms with Crippen LogP contribution in [0.25, 0.3) is 0 Å². The standard InChI is InChI=1S/C10H10IN5/c11-7-2-1-3-8(6-7)14-9-4-5-13-10(15-9)16-12/h1-6H,12H2,(H2,13,14,15,16). The molecule has 5 nitrogen and oxygen atoms in total. The van der Waals surface area contributed by atoms with Gasteiger partial charge in [0.1, 0.15) is 5.82 Å². The third-order valence-electron chi connectivity index (χ3n) is 1.88. The molecule has 0 unspecified atom stereocenters. The van der Waals surface area contributed by atoms with Crippen molar-refractivity contribution in [3.8, 4) is 0 Å². The molecule has 6 heteroatoms. The number of halogens is 1. The fourth-order valence-corrected chi connectivity index (χ4v) is 1.76. The maximum Gasteiger partial charge on any atom is 0.239 e. The first-order chi connectivity index (χ1) is 7.78. The molecular weight excluding hydrogens is 317 g/mol. The topological polar surface area (TPSA) is 75.9 Å². The molecule has 0 amide bonds. The first-order valence-corrected chi connectivity index (χ1v) is 5.68. The summed E-state index contributed by atoms with van der Waals surface area (Å²) < 4.78 is 1.16. The van der Waals surface area contributed by atoms with E-state index >= 15 is 0 Å². The summed E-state index contributed by atoms with van der Waals surface area (Å²) in [4.78, 5) is 8.08. The van der Waals surface area contributed by atoms with Crippen molar-refractivity contribution in [1.29, 1.82) is 0 Å². The number of nitrogen functional groups attached to an aromatic ring is 1. The zero-order chi connectivity index (χ0) is 11.4. The number of anilines is 3. The van der Waals surface area contributed by atoms with E-state index in [2.05, 4.69) is 43.3 Å². The van der Waals surface area contributed by atoms with E-state index in [-0.39, 0.29) is 0 Å². The van der Waals surface area contributed by atoms with Crippen LogP contribution in [0.3, 0.4) is 0 Å². The van der Waals surface area contributed by atoms with Gasteiger partial charge in [0.15, 0.2) is 0 Å². The summed E-state index contributed by atoms with van der Waals surface area (Å²) in [6.45, 7) is 0. The number of nitrogens with one attached hydrogen (secondary N) is 2. The Balaban J connectivity index is 2.20. The van der Waals surface area contributed by atoms with Crippen LogP contribution in [0.15, 0.2) is 36.5 Å². The van der Waals surface area contributed by atoms with Crippen LogP contribution in [0.5, 0.6) is 0 Å². The molecule has 0 aliphatic carbocycles. The van der Waals surface area contributed by atoms with Crippen LogP contribution in [-0.2, 0) is 0 Å². The Morgan fingerprint density at radius 3 is 2.88 bits per heavy atom. The van der Waals surface area contributed by atoms with Crippen molar-refractivity contribution in [2.75, 3.05) is 10.7 Å². The van der Waals surface area contributed by atoms with Crippen LogP contribution < -0.4 is 16.6 Å². The predicted octanol–water partition coefficient (Wildman–Crippen LogP) is 2.11. The average molecular weight is 327 g/mol. The lowest BCUT2D eigenvalue weighted by Gasteiger charge is -2.06. The molecule has 0 atom stereocenters. The maximum absolute atomic E-state index is 5.23. The number of hydrogen-bond donors (Lipinski definition) is 3. The van der Waals surface area contributed by atoms with Gasteiger partial charge in [-0.2, -0.15) is 4.98 Å². The minimum atomic E-state index is 0.385. The van der Waals surface area contributed by atoms with Gasteiger partial charge in [0.25, 0.3) is 0 Å². The SMILES string of the molecule is NNc1nccc(Nc2cccc(I)c2)n1. The number of hydrazine groups is 1. The predicted molar refractivity (Wildman–Crippen MR) is 72.3 cm³/mol. The number of nitrogens with two attached hydrogens (primary N) is 1. The lowest BCUT2D eigenvalue weighted by atomic mass is 10.3. The quantitative estimate of drug-likeness (QED) is 0.457. The first kappa shape index (κ1) is 11.1. The first-order valence-electron chi connectivity index (χ1n) is 4.60. The highest BCUT2D eigenvalue weighted by Gasteiger charge is 1.98. The van der Waals surface area contributed by atoms with Gasteiger partial charge in [-0.25, -0.2) is 10.8 Å². The van der Waals surface area contributed by atoms with Crippen molar-refractivity contribution in [3.63, 3.8) is 0 Å². The smallest absolute Gasteiger partial charge is 0.239 e. The molecule has 0 spiro atoms. The lowest BCUT2D eigenvalue weighted by Crippen LogP contribution is -2.10. The van der Waals surface area contributed by atoms with E-state index in [9.17, 15) is 0 Å². The molecular formula is C10H10IN5. The molecule has 2 aromatic rings. The number of nitrogens with zero attached hydrogens (tertiary/aromatic N) is 2. The van der Waals surface area contributed by atoms with Crippen LogP contribution >= 0.6 is 22.6 Å². The lowest BCUT2D eigenvalue weighted by molar-refractivity contribution is 1.12. The second-order valence-corrected chi connectivity index (χ2v) is 4.29. The van der Waals surface area contributed by atoms with E-state index in [0.717, 1.165) is 9.26 Å². The van der Waals surface area contributed by atoms with E-state index in [1.807, 2.05) is 24.3 Å². The maximum atomic E-state index is 5.23. The largest absolute Gasteiger partial charge is 0.340 e. The van der Waals surface area contributed by atoms with Crippen LogP contribution in [0.2, 0.25) is 0 Å². The van der Waals surface area contributed by atoms with Gasteiger partial charge in [0, 0.05) is 15.5 Å². The molecule has 0 aliphatic rings. The molecule has 0 saturated heterocycles. The Morgan fingerprint density at radius 1 is 1.25 bits per heavy atom. The second kappa shape index (κ2) is 5.08. The van der Waals surface area contributed by atoms with Crippen LogP contribution in [0.1, 0.15) is 0 Å². The van der Waals surface area contributed by atoms with Gasteiger partial charge in [0.2, 0.25) is 5.95 Å². The van der Waals surface area contributed by atoms with Gasteiger partial charge in [-0.3, -0.25) is 5.43 Å². The number of rotatable bonds is 3. The molecule has 0 bridgehead atoms. The Bertz CT molecular complexity index is 488. The fraction of sp³-hybridized carbons (Fsp3) is 0. The summed E-state index contributed by atoms with van der Waals surface area (Å²) in [6.07, 6.45) is 1.64. The third kappa shape index (κ3) is 2.80. The summed E-state index contributed by atoms with van der Waals surface area (Å²) in [5, 5.41) is 3.17. The van der Waals surface area contributed by atoms with Gasteiger partial charge in [-0.05, 0) is 46.9 Å². The van der Waals surface area contributed by atoms with Gasteiger partial charge in [0.05, 0.1) is 0 Å². The number of benzene rings is 1. The molecule has 82 valence electrons. The van der Waals surface area contributed by atoms with Crippen molar-refractivity contribution in [1.82, 2.24) is 9.97 Å². The molecule has 0 radical (unpaired) electrons. The zero-order valence-corrected chi connectivity index (χ0v) is 10.5. The van der Waals surface area contributed by atoms with Crippen LogP contribution in [0, 0.1) is 3.57 Å². The zero-order valence-electron chi connectivity index (χ0n) is 8.31. The Morgan fingerprint density at radius 2 is 2.12 bits per heavy atom. The summed E-state index contributed by atoms with van der Waals surface area (Å²) in [7, 11) is 0. The Kier molecular flexibility index (Phi) is 3.52. The highest BCUT2D eigenvalue weighted by atomic mass is 127. The highest BCUT2D eigenvalue weighted by molar-refractivity contribution is 14.1. The minimum Gasteiger partial charge on any atom is -0.340 e.